The number of amides is 1. The molecule has 1 unspecified atom stereocenters. The van der Waals surface area contributed by atoms with E-state index in [0.29, 0.717) is 17.9 Å². The van der Waals surface area contributed by atoms with Gasteiger partial charge in [0, 0.05) is 17.5 Å². The van der Waals surface area contributed by atoms with E-state index >= 15 is 0 Å². The summed E-state index contributed by atoms with van der Waals surface area (Å²) in [5, 5.41) is 12.2. The van der Waals surface area contributed by atoms with Crippen molar-refractivity contribution in [3.63, 3.8) is 0 Å². The molecule has 0 aliphatic heterocycles. The fourth-order valence-corrected chi connectivity index (χ4v) is 1.70. The van der Waals surface area contributed by atoms with Crippen molar-refractivity contribution in [3.8, 4) is 5.75 Å². The van der Waals surface area contributed by atoms with Crippen molar-refractivity contribution in [2.75, 3.05) is 5.88 Å². The van der Waals surface area contributed by atoms with Gasteiger partial charge >= 0.3 is 0 Å². The Bertz CT molecular complexity index is 382. The van der Waals surface area contributed by atoms with Crippen LogP contribution in [0, 0.1) is 0 Å². The number of hydrogen-bond donors (Lipinski definition) is 2. The monoisotopic (exact) mass is 261 g/mol. The third-order valence-corrected chi connectivity index (χ3v) is 2.65. The summed E-state index contributed by atoms with van der Waals surface area (Å²) in [5.41, 5.74) is 0.421. The van der Waals surface area contributed by atoms with Crippen molar-refractivity contribution in [2.45, 2.75) is 19.4 Å². The fourth-order valence-electron chi connectivity index (χ4n) is 1.19. The minimum Gasteiger partial charge on any atom is -0.506 e. The maximum Gasteiger partial charge on any atom is 0.251 e. The van der Waals surface area contributed by atoms with Gasteiger partial charge in [0.15, 0.2) is 0 Å². The number of nitrogens with one attached hydrogen (secondary N) is 1. The van der Waals surface area contributed by atoms with Crippen molar-refractivity contribution in [2.24, 2.45) is 0 Å². The molecule has 3 nitrogen and oxygen atoms in total. The lowest BCUT2D eigenvalue weighted by Gasteiger charge is -2.12. The van der Waals surface area contributed by atoms with E-state index in [1.54, 1.807) is 0 Å². The average Bonchev–Trinajstić information content (AvgIpc) is 2.22. The Morgan fingerprint density at radius 3 is 2.81 bits per heavy atom. The predicted molar refractivity (Wildman–Crippen MR) is 65.4 cm³/mol. The summed E-state index contributed by atoms with van der Waals surface area (Å²) in [6.07, 6.45) is 0.707. The molecule has 1 aromatic rings. The number of halogens is 2. The Balaban J connectivity index is 2.69. The van der Waals surface area contributed by atoms with E-state index in [2.05, 4.69) is 5.32 Å². The Morgan fingerprint density at radius 2 is 2.25 bits per heavy atom. The summed E-state index contributed by atoms with van der Waals surface area (Å²) in [6.45, 7) is 1.88. The van der Waals surface area contributed by atoms with E-state index < -0.39 is 0 Å². The molecule has 1 rings (SSSR count). The van der Waals surface area contributed by atoms with Crippen molar-refractivity contribution < 1.29 is 9.90 Å². The lowest BCUT2D eigenvalue weighted by atomic mass is 10.2. The van der Waals surface area contributed by atoms with Gasteiger partial charge in [-0.05, 0) is 31.5 Å². The summed E-state index contributed by atoms with van der Waals surface area (Å²) in [7, 11) is 0. The molecule has 1 amide bonds. The van der Waals surface area contributed by atoms with Gasteiger partial charge in [-0.15, -0.1) is 11.6 Å². The van der Waals surface area contributed by atoms with Gasteiger partial charge < -0.3 is 10.4 Å². The summed E-state index contributed by atoms with van der Waals surface area (Å²) < 4.78 is 0. The number of carbonyl (C=O) groups excluding carboxylic acids is 1. The number of hydrogen-bond acceptors (Lipinski definition) is 2. The second-order valence-electron chi connectivity index (χ2n) is 3.52. The van der Waals surface area contributed by atoms with Crippen molar-refractivity contribution in [1.29, 1.82) is 0 Å². The molecule has 0 radical (unpaired) electrons. The van der Waals surface area contributed by atoms with Gasteiger partial charge in [-0.2, -0.15) is 0 Å². The molecule has 0 bridgehead atoms. The second-order valence-corrected chi connectivity index (χ2v) is 4.30. The highest BCUT2D eigenvalue weighted by molar-refractivity contribution is 6.32. The van der Waals surface area contributed by atoms with Crippen LogP contribution in [0.5, 0.6) is 5.75 Å². The molecule has 0 aliphatic rings. The lowest BCUT2D eigenvalue weighted by Crippen LogP contribution is -2.32. The normalized spacial score (nSPS) is 12.2. The molecule has 16 heavy (non-hydrogen) atoms. The number of aromatic hydroxyl groups is 1. The Labute approximate surface area is 104 Å². The molecule has 88 valence electrons. The zero-order valence-corrected chi connectivity index (χ0v) is 10.3. The SMILES string of the molecule is CC(CCCl)NC(=O)c1ccc(O)c(Cl)c1. The van der Waals surface area contributed by atoms with Crippen LogP contribution < -0.4 is 5.32 Å². The van der Waals surface area contributed by atoms with Crippen LogP contribution in [0.4, 0.5) is 0 Å². The number of rotatable bonds is 4. The second kappa shape index (κ2) is 5.97. The Morgan fingerprint density at radius 1 is 1.56 bits per heavy atom. The third kappa shape index (κ3) is 3.58. The smallest absolute Gasteiger partial charge is 0.251 e. The van der Waals surface area contributed by atoms with Gasteiger partial charge in [-0.3, -0.25) is 4.79 Å². The lowest BCUT2D eigenvalue weighted by molar-refractivity contribution is 0.0939. The molecule has 1 aromatic carbocycles. The van der Waals surface area contributed by atoms with E-state index in [4.69, 9.17) is 23.2 Å². The Hall–Kier alpha value is -0.930. The summed E-state index contributed by atoms with van der Waals surface area (Å²) in [6, 6.07) is 4.35. The first-order valence-corrected chi connectivity index (χ1v) is 5.81. The number of carbonyl (C=O) groups is 1. The minimum atomic E-state index is -0.223. The van der Waals surface area contributed by atoms with Crippen LogP contribution in [0.3, 0.4) is 0 Å². The number of alkyl halides is 1. The average molecular weight is 262 g/mol. The molecule has 0 saturated carbocycles. The quantitative estimate of drug-likeness (QED) is 0.820. The molecule has 0 saturated heterocycles. The predicted octanol–water partition coefficient (Wildman–Crippen LogP) is 2.79. The van der Waals surface area contributed by atoms with Crippen molar-refractivity contribution in [3.05, 3.63) is 28.8 Å². The van der Waals surface area contributed by atoms with Gasteiger partial charge in [0.1, 0.15) is 5.75 Å². The topological polar surface area (TPSA) is 49.3 Å². The van der Waals surface area contributed by atoms with Crippen LogP contribution in [-0.2, 0) is 0 Å². The van der Waals surface area contributed by atoms with Gasteiger partial charge in [-0.1, -0.05) is 11.6 Å². The zero-order chi connectivity index (χ0) is 12.1. The van der Waals surface area contributed by atoms with E-state index in [9.17, 15) is 9.90 Å². The van der Waals surface area contributed by atoms with Crippen molar-refractivity contribution >= 4 is 29.1 Å². The summed E-state index contributed by atoms with van der Waals surface area (Å²) in [5.74, 6) is 0.240. The number of benzene rings is 1. The molecule has 0 fully saturated rings. The fraction of sp³-hybridized carbons (Fsp3) is 0.364. The standard InChI is InChI=1S/C11H13Cl2NO2/c1-7(4-5-12)14-11(16)8-2-3-10(15)9(13)6-8/h2-3,6-7,15H,4-5H2,1H3,(H,14,16). The first-order valence-electron chi connectivity index (χ1n) is 4.90. The van der Waals surface area contributed by atoms with Crippen LogP contribution in [0.2, 0.25) is 5.02 Å². The molecule has 0 spiro atoms. The zero-order valence-electron chi connectivity index (χ0n) is 8.84. The first-order chi connectivity index (χ1) is 7.54. The summed E-state index contributed by atoms with van der Waals surface area (Å²) in [4.78, 5) is 11.7. The van der Waals surface area contributed by atoms with Gasteiger partial charge in [0.2, 0.25) is 0 Å². The molecular formula is C11H13Cl2NO2. The molecule has 0 heterocycles. The van der Waals surface area contributed by atoms with E-state index in [1.807, 2.05) is 6.92 Å². The Kier molecular flexibility index (Phi) is 4.90. The summed E-state index contributed by atoms with van der Waals surface area (Å²) >= 11 is 11.3. The number of phenols is 1. The maximum absolute atomic E-state index is 11.7. The van der Waals surface area contributed by atoms with Gasteiger partial charge in [0.05, 0.1) is 5.02 Å². The largest absolute Gasteiger partial charge is 0.506 e. The van der Waals surface area contributed by atoms with Crippen LogP contribution >= 0.6 is 23.2 Å². The highest BCUT2D eigenvalue weighted by atomic mass is 35.5. The van der Waals surface area contributed by atoms with E-state index in [1.165, 1.54) is 18.2 Å². The first kappa shape index (κ1) is 13.1. The van der Waals surface area contributed by atoms with Gasteiger partial charge in [0.25, 0.3) is 5.91 Å². The highest BCUT2D eigenvalue weighted by Gasteiger charge is 2.10. The molecule has 0 aromatic heterocycles. The van der Waals surface area contributed by atoms with Crippen LogP contribution in [0.15, 0.2) is 18.2 Å². The van der Waals surface area contributed by atoms with Crippen LogP contribution in [0.25, 0.3) is 0 Å². The van der Waals surface area contributed by atoms with Crippen molar-refractivity contribution in [1.82, 2.24) is 5.32 Å². The van der Waals surface area contributed by atoms with Crippen LogP contribution in [-0.4, -0.2) is 22.9 Å². The molecule has 5 heteroatoms. The molecule has 0 aliphatic carbocycles. The number of phenolic OH excluding ortho intramolecular Hbond substituents is 1. The maximum atomic E-state index is 11.7. The third-order valence-electron chi connectivity index (χ3n) is 2.13. The van der Waals surface area contributed by atoms with E-state index in [0.717, 1.165) is 0 Å². The molecule has 2 N–H and O–H groups in total. The highest BCUT2D eigenvalue weighted by Crippen LogP contribution is 2.23. The van der Waals surface area contributed by atoms with Crippen LogP contribution in [0.1, 0.15) is 23.7 Å². The molecule has 1 atom stereocenters. The minimum absolute atomic E-state index is 0.0116. The van der Waals surface area contributed by atoms with E-state index in [-0.39, 0.29) is 22.7 Å². The molecular weight excluding hydrogens is 249 g/mol. The van der Waals surface area contributed by atoms with Gasteiger partial charge in [-0.25, -0.2) is 0 Å².